The highest BCUT2D eigenvalue weighted by atomic mass is 32.2. The predicted octanol–water partition coefficient (Wildman–Crippen LogP) is 2.96. The Labute approximate surface area is 205 Å². The van der Waals surface area contributed by atoms with Crippen LogP contribution in [0.3, 0.4) is 0 Å². The van der Waals surface area contributed by atoms with Gasteiger partial charge in [-0.25, -0.2) is 23.1 Å². The lowest BCUT2D eigenvalue weighted by Gasteiger charge is -2.28. The van der Waals surface area contributed by atoms with Crippen molar-refractivity contribution in [3.8, 4) is 22.9 Å². The first kappa shape index (κ1) is 23.7. The summed E-state index contributed by atoms with van der Waals surface area (Å²) >= 11 is 0. The summed E-state index contributed by atoms with van der Waals surface area (Å²) in [5, 5.41) is 4.49. The summed E-state index contributed by atoms with van der Waals surface area (Å²) in [6.45, 7) is 6.06. The zero-order chi connectivity index (χ0) is 24.7. The van der Waals surface area contributed by atoms with Crippen LogP contribution in [0.4, 0.5) is 5.82 Å². The largest absolute Gasteiger partial charge is 0.433 e. The molecule has 0 bridgehead atoms. The van der Waals surface area contributed by atoms with Gasteiger partial charge in [0, 0.05) is 11.6 Å². The number of anilines is 1. The van der Waals surface area contributed by atoms with E-state index in [-0.39, 0.29) is 23.5 Å². The summed E-state index contributed by atoms with van der Waals surface area (Å²) in [7, 11) is -1.07. The van der Waals surface area contributed by atoms with Gasteiger partial charge in [0.25, 0.3) is 5.88 Å². The van der Waals surface area contributed by atoms with E-state index in [2.05, 4.69) is 31.7 Å². The van der Waals surface area contributed by atoms with E-state index in [0.717, 1.165) is 48.2 Å². The van der Waals surface area contributed by atoms with Gasteiger partial charge in [-0.15, -0.1) is 0 Å². The first-order valence-electron chi connectivity index (χ1n) is 11.8. The molecule has 35 heavy (non-hydrogen) atoms. The smallest absolute Gasteiger partial charge is 0.263 e. The van der Waals surface area contributed by atoms with Gasteiger partial charge in [0.2, 0.25) is 10.0 Å². The van der Waals surface area contributed by atoms with Crippen LogP contribution in [-0.4, -0.2) is 59.0 Å². The summed E-state index contributed by atoms with van der Waals surface area (Å²) < 4.78 is 34.5. The van der Waals surface area contributed by atoms with E-state index in [0.29, 0.717) is 23.9 Å². The first-order valence-corrected chi connectivity index (χ1v) is 13.5. The van der Waals surface area contributed by atoms with Crippen molar-refractivity contribution in [2.24, 2.45) is 0 Å². The number of aromatic nitrogens is 4. The van der Waals surface area contributed by atoms with E-state index in [4.69, 9.17) is 10.5 Å². The number of nitrogens with two attached hydrogens (primary N) is 1. The molecule has 0 spiro atoms. The fraction of sp³-hybridized carbons (Fsp3) is 0.458. The quantitative estimate of drug-likeness (QED) is 0.551. The molecule has 3 N–H and O–H groups in total. The Hall–Kier alpha value is -3.02. The maximum Gasteiger partial charge on any atom is 0.263 e. The second-order valence-electron chi connectivity index (χ2n) is 9.54. The number of sulfonamides is 1. The van der Waals surface area contributed by atoms with Gasteiger partial charge in [0.1, 0.15) is 0 Å². The highest BCUT2D eigenvalue weighted by molar-refractivity contribution is 7.89. The van der Waals surface area contributed by atoms with Crippen LogP contribution < -0.4 is 15.2 Å². The summed E-state index contributed by atoms with van der Waals surface area (Å²) in [5.41, 5.74) is 10.6. The van der Waals surface area contributed by atoms with Crippen LogP contribution in [0.1, 0.15) is 48.0 Å². The lowest BCUT2D eigenvalue weighted by atomic mass is 9.92. The molecule has 2 aliphatic heterocycles. The molecule has 2 aliphatic rings. The third kappa shape index (κ3) is 5.02. The fourth-order valence-corrected chi connectivity index (χ4v) is 6.36. The van der Waals surface area contributed by atoms with Crippen LogP contribution in [0, 0.1) is 13.8 Å². The summed E-state index contributed by atoms with van der Waals surface area (Å²) in [6, 6.07) is 4.15. The topological polar surface area (TPSA) is 128 Å². The molecule has 0 saturated carbocycles. The Morgan fingerprint density at radius 1 is 1.11 bits per heavy atom. The lowest BCUT2D eigenvalue weighted by Crippen LogP contribution is -2.31. The maximum absolute atomic E-state index is 11.9. The molecule has 2 aromatic heterocycles. The molecule has 1 unspecified atom stereocenters. The van der Waals surface area contributed by atoms with Crippen LogP contribution >= 0.6 is 0 Å². The number of nitrogens with one attached hydrogen (secondary N) is 1. The summed E-state index contributed by atoms with van der Waals surface area (Å²) in [4.78, 5) is 11.3. The molecule has 0 amide bonds. The SMILES string of the molecule is Cc1cc(-c2cnc(N)c(Oc3cnn(C4CCN(C)CC4)c3)n2)cc(C)c1C1CCS(=O)(=O)N1. The predicted molar refractivity (Wildman–Crippen MR) is 134 cm³/mol. The molecule has 4 heterocycles. The van der Waals surface area contributed by atoms with Gasteiger partial charge in [-0.1, -0.05) is 0 Å². The molecule has 0 radical (unpaired) electrons. The van der Waals surface area contributed by atoms with E-state index in [9.17, 15) is 8.42 Å². The number of piperidine rings is 1. The number of likely N-dealkylation sites (tertiary alicyclic amines) is 1. The molecule has 2 fully saturated rings. The molecular formula is C24H31N7O3S. The fourth-order valence-electron chi connectivity index (χ4n) is 5.02. The first-order chi connectivity index (χ1) is 16.7. The minimum absolute atomic E-state index is 0.150. The number of hydrogen-bond donors (Lipinski definition) is 2. The Morgan fingerprint density at radius 3 is 2.49 bits per heavy atom. The zero-order valence-corrected chi connectivity index (χ0v) is 21.0. The zero-order valence-electron chi connectivity index (χ0n) is 20.2. The molecule has 5 rings (SSSR count). The van der Waals surface area contributed by atoms with E-state index in [1.165, 1.54) is 0 Å². The van der Waals surface area contributed by atoms with Crippen molar-refractivity contribution in [1.82, 2.24) is 29.4 Å². The van der Waals surface area contributed by atoms with E-state index in [1.54, 1.807) is 12.4 Å². The standard InChI is InChI=1S/C24H31N7O3S/c1-15-10-17(11-16(2)22(15)20-6-9-35(32,33)29-20)21-13-26-23(25)24(28-21)34-19-12-27-31(14-19)18-4-7-30(3)8-5-18/h10-14,18,20,29H,4-9H2,1-3H3,(H2,25,26). The second kappa shape index (κ2) is 9.21. The van der Waals surface area contributed by atoms with Crippen molar-refractivity contribution in [2.75, 3.05) is 31.6 Å². The van der Waals surface area contributed by atoms with Gasteiger partial charge in [0.15, 0.2) is 11.6 Å². The third-order valence-electron chi connectivity index (χ3n) is 6.86. The van der Waals surface area contributed by atoms with Crippen molar-refractivity contribution >= 4 is 15.8 Å². The van der Waals surface area contributed by atoms with Crippen LogP contribution in [-0.2, 0) is 10.0 Å². The Kier molecular flexibility index (Phi) is 6.24. The highest BCUT2D eigenvalue weighted by Crippen LogP contribution is 2.34. The van der Waals surface area contributed by atoms with Gasteiger partial charge in [-0.3, -0.25) is 4.68 Å². The number of aryl methyl sites for hydroxylation is 2. The van der Waals surface area contributed by atoms with Crippen molar-refractivity contribution in [3.05, 3.63) is 47.4 Å². The molecule has 3 aromatic rings. The average molecular weight is 498 g/mol. The molecule has 0 aliphatic carbocycles. The number of benzene rings is 1. The molecule has 2 saturated heterocycles. The van der Waals surface area contributed by atoms with Gasteiger partial charge >= 0.3 is 0 Å². The van der Waals surface area contributed by atoms with Gasteiger partial charge in [-0.05, 0) is 82.1 Å². The third-order valence-corrected chi connectivity index (χ3v) is 8.27. The van der Waals surface area contributed by atoms with Crippen molar-refractivity contribution in [2.45, 2.75) is 45.2 Å². The Balaban J connectivity index is 1.37. The van der Waals surface area contributed by atoms with Crippen molar-refractivity contribution in [1.29, 1.82) is 0 Å². The number of hydrogen-bond acceptors (Lipinski definition) is 8. The van der Waals surface area contributed by atoms with Crippen LogP contribution in [0.5, 0.6) is 11.6 Å². The van der Waals surface area contributed by atoms with Crippen LogP contribution in [0.25, 0.3) is 11.3 Å². The van der Waals surface area contributed by atoms with Gasteiger partial charge in [0.05, 0.1) is 36.1 Å². The molecule has 1 atom stereocenters. The van der Waals surface area contributed by atoms with Crippen LogP contribution in [0.2, 0.25) is 0 Å². The highest BCUT2D eigenvalue weighted by Gasteiger charge is 2.30. The molecular weight excluding hydrogens is 466 g/mol. The maximum atomic E-state index is 11.9. The summed E-state index contributed by atoms with van der Waals surface area (Å²) in [6.07, 6.45) is 7.84. The minimum Gasteiger partial charge on any atom is -0.433 e. The Morgan fingerprint density at radius 2 is 1.83 bits per heavy atom. The number of nitrogens with zero attached hydrogens (tertiary/aromatic N) is 5. The van der Waals surface area contributed by atoms with Gasteiger partial charge < -0.3 is 15.4 Å². The monoisotopic (exact) mass is 497 g/mol. The van der Waals surface area contributed by atoms with E-state index in [1.807, 2.05) is 36.9 Å². The Bertz CT molecular complexity index is 1320. The van der Waals surface area contributed by atoms with Crippen LogP contribution in [0.15, 0.2) is 30.7 Å². The molecule has 1 aromatic carbocycles. The average Bonchev–Trinajstić information content (AvgIpc) is 3.41. The van der Waals surface area contributed by atoms with E-state index < -0.39 is 10.0 Å². The number of ether oxygens (including phenoxy) is 1. The van der Waals surface area contributed by atoms with Gasteiger partial charge in [-0.2, -0.15) is 5.10 Å². The van der Waals surface area contributed by atoms with Crippen molar-refractivity contribution < 1.29 is 13.2 Å². The second-order valence-corrected chi connectivity index (χ2v) is 11.4. The minimum atomic E-state index is -3.20. The molecule has 10 nitrogen and oxygen atoms in total. The molecule has 11 heteroatoms. The lowest BCUT2D eigenvalue weighted by molar-refractivity contribution is 0.212. The normalized spacial score (nSPS) is 20.8. The molecule has 186 valence electrons. The summed E-state index contributed by atoms with van der Waals surface area (Å²) in [5.74, 6) is 1.15. The number of nitrogen functional groups attached to an aromatic ring is 1. The number of rotatable bonds is 5. The van der Waals surface area contributed by atoms with Crippen molar-refractivity contribution in [3.63, 3.8) is 0 Å². The van der Waals surface area contributed by atoms with E-state index >= 15 is 0 Å².